The van der Waals surface area contributed by atoms with Gasteiger partial charge >= 0.3 is 12.0 Å². The van der Waals surface area contributed by atoms with Gasteiger partial charge in [-0.05, 0) is 41.2 Å². The number of anilines is 2. The van der Waals surface area contributed by atoms with Crippen molar-refractivity contribution in [3.05, 3.63) is 59.2 Å². The minimum Gasteiger partial charge on any atom is -0.452 e. The van der Waals surface area contributed by atoms with Crippen LogP contribution >= 0.6 is 0 Å². The number of nitrogens with one attached hydrogen (secondary N) is 2. The molecule has 0 atom stereocenters. The first-order valence-electron chi connectivity index (χ1n) is 9.45. The van der Waals surface area contributed by atoms with Crippen molar-refractivity contribution in [3.8, 4) is 0 Å². The van der Waals surface area contributed by atoms with Crippen molar-refractivity contribution in [2.24, 2.45) is 5.73 Å². The van der Waals surface area contributed by atoms with Gasteiger partial charge in [0.1, 0.15) is 0 Å². The SMILES string of the molecule is CC(C)c1cccc(C(C)C)c1NC(=O)COC(=O)c1cccc(NC(N)=O)c1. The maximum atomic E-state index is 12.4. The summed E-state index contributed by atoms with van der Waals surface area (Å²) in [6, 6.07) is 11.3. The Hall–Kier alpha value is -3.35. The van der Waals surface area contributed by atoms with E-state index in [1.165, 1.54) is 12.1 Å². The van der Waals surface area contributed by atoms with Crippen LogP contribution in [0.25, 0.3) is 0 Å². The molecule has 0 unspecified atom stereocenters. The number of carbonyl (C=O) groups excluding carboxylic acids is 3. The lowest BCUT2D eigenvalue weighted by atomic mass is 9.92. The van der Waals surface area contributed by atoms with Crippen LogP contribution < -0.4 is 16.4 Å². The van der Waals surface area contributed by atoms with E-state index in [0.29, 0.717) is 5.69 Å². The fourth-order valence-electron chi connectivity index (χ4n) is 2.95. The molecule has 0 aromatic heterocycles. The molecule has 4 N–H and O–H groups in total. The molecule has 154 valence electrons. The van der Waals surface area contributed by atoms with Gasteiger partial charge < -0.3 is 21.1 Å². The van der Waals surface area contributed by atoms with Gasteiger partial charge in [-0.25, -0.2) is 9.59 Å². The van der Waals surface area contributed by atoms with Crippen LogP contribution in [0.5, 0.6) is 0 Å². The number of benzene rings is 2. The van der Waals surface area contributed by atoms with E-state index in [1.807, 2.05) is 18.2 Å². The van der Waals surface area contributed by atoms with Crippen LogP contribution in [0.15, 0.2) is 42.5 Å². The second kappa shape index (κ2) is 9.73. The van der Waals surface area contributed by atoms with Gasteiger partial charge in [0.2, 0.25) is 0 Å². The summed E-state index contributed by atoms with van der Waals surface area (Å²) in [6.45, 7) is 7.81. The molecule has 0 heterocycles. The molecule has 0 aliphatic heterocycles. The van der Waals surface area contributed by atoms with Crippen LogP contribution in [-0.4, -0.2) is 24.5 Å². The summed E-state index contributed by atoms with van der Waals surface area (Å²) in [5.41, 5.74) is 8.47. The molecule has 0 saturated heterocycles. The van der Waals surface area contributed by atoms with Crippen molar-refractivity contribution in [1.82, 2.24) is 0 Å². The second-order valence-corrected chi connectivity index (χ2v) is 7.32. The largest absolute Gasteiger partial charge is 0.452 e. The highest BCUT2D eigenvalue weighted by atomic mass is 16.5. The fraction of sp³-hybridized carbons (Fsp3) is 0.318. The molecule has 0 spiro atoms. The van der Waals surface area contributed by atoms with Gasteiger partial charge in [-0.2, -0.15) is 0 Å². The van der Waals surface area contributed by atoms with Crippen LogP contribution in [0.3, 0.4) is 0 Å². The molecule has 0 bridgehead atoms. The highest BCUT2D eigenvalue weighted by molar-refractivity contribution is 5.97. The summed E-state index contributed by atoms with van der Waals surface area (Å²) in [5.74, 6) is -0.631. The summed E-state index contributed by atoms with van der Waals surface area (Å²) in [5, 5.41) is 5.28. The highest BCUT2D eigenvalue weighted by Crippen LogP contribution is 2.32. The lowest BCUT2D eigenvalue weighted by Gasteiger charge is -2.20. The van der Waals surface area contributed by atoms with Gasteiger partial charge in [-0.1, -0.05) is 52.0 Å². The molecule has 7 nitrogen and oxygen atoms in total. The normalized spacial score (nSPS) is 10.7. The molecule has 0 aliphatic rings. The standard InChI is InChI=1S/C22H27N3O4/c1-13(2)17-9-6-10-18(14(3)4)20(17)25-19(26)12-29-21(27)15-7-5-8-16(11-15)24-22(23)28/h5-11,13-14H,12H2,1-4H3,(H,25,26)(H3,23,24,28). The summed E-state index contributed by atoms with van der Waals surface area (Å²) in [4.78, 5) is 35.6. The van der Waals surface area contributed by atoms with E-state index in [0.717, 1.165) is 16.8 Å². The smallest absolute Gasteiger partial charge is 0.338 e. The third kappa shape index (κ3) is 6.07. The maximum Gasteiger partial charge on any atom is 0.338 e. The molecule has 0 aliphatic carbocycles. The summed E-state index contributed by atoms with van der Waals surface area (Å²) in [6.07, 6.45) is 0. The fourth-order valence-corrected chi connectivity index (χ4v) is 2.95. The van der Waals surface area contributed by atoms with Gasteiger partial charge in [0, 0.05) is 11.4 Å². The number of esters is 1. The zero-order valence-electron chi connectivity index (χ0n) is 17.1. The number of urea groups is 1. The molecule has 2 rings (SSSR count). The monoisotopic (exact) mass is 397 g/mol. The Kier molecular flexibility index (Phi) is 7.36. The van der Waals surface area contributed by atoms with Gasteiger partial charge in [-0.15, -0.1) is 0 Å². The number of primary amides is 1. The summed E-state index contributed by atoms with van der Waals surface area (Å²) < 4.78 is 5.13. The third-order valence-electron chi connectivity index (χ3n) is 4.34. The Bertz CT molecular complexity index is 880. The average molecular weight is 397 g/mol. The number of rotatable bonds is 7. The van der Waals surface area contributed by atoms with Crippen LogP contribution in [-0.2, 0) is 9.53 Å². The first-order valence-corrected chi connectivity index (χ1v) is 9.45. The molecule has 2 aromatic carbocycles. The number of hydrogen-bond donors (Lipinski definition) is 3. The number of ether oxygens (including phenoxy) is 1. The van der Waals surface area contributed by atoms with Crippen molar-refractivity contribution in [2.45, 2.75) is 39.5 Å². The Labute approximate surface area is 170 Å². The Morgan fingerprint density at radius 1 is 0.931 bits per heavy atom. The van der Waals surface area contributed by atoms with E-state index >= 15 is 0 Å². The Balaban J connectivity index is 2.07. The summed E-state index contributed by atoms with van der Waals surface area (Å²) >= 11 is 0. The van der Waals surface area contributed by atoms with E-state index in [2.05, 4.69) is 38.3 Å². The topological polar surface area (TPSA) is 111 Å². The number of nitrogens with two attached hydrogens (primary N) is 1. The Morgan fingerprint density at radius 3 is 2.07 bits per heavy atom. The molecular formula is C22H27N3O4. The lowest BCUT2D eigenvalue weighted by Crippen LogP contribution is -2.23. The van der Waals surface area contributed by atoms with Crippen molar-refractivity contribution in [3.63, 3.8) is 0 Å². The van der Waals surface area contributed by atoms with E-state index in [9.17, 15) is 14.4 Å². The van der Waals surface area contributed by atoms with Crippen molar-refractivity contribution >= 4 is 29.3 Å². The van der Waals surface area contributed by atoms with Crippen LogP contribution in [0.4, 0.5) is 16.2 Å². The summed E-state index contributed by atoms with van der Waals surface area (Å²) in [7, 11) is 0. The van der Waals surface area contributed by atoms with Gasteiger partial charge in [0.05, 0.1) is 5.56 Å². The van der Waals surface area contributed by atoms with Crippen molar-refractivity contribution in [2.75, 3.05) is 17.2 Å². The maximum absolute atomic E-state index is 12.4. The van der Waals surface area contributed by atoms with E-state index in [4.69, 9.17) is 10.5 Å². The first kappa shape index (κ1) is 21.9. The molecule has 0 radical (unpaired) electrons. The van der Waals surface area contributed by atoms with Crippen LogP contribution in [0, 0.1) is 0 Å². The molecule has 3 amide bonds. The minimum absolute atomic E-state index is 0.203. The number of carbonyl (C=O) groups is 3. The number of amides is 3. The number of para-hydroxylation sites is 1. The van der Waals surface area contributed by atoms with E-state index in [1.54, 1.807) is 12.1 Å². The minimum atomic E-state index is -0.736. The average Bonchev–Trinajstić information content (AvgIpc) is 2.65. The van der Waals surface area contributed by atoms with Crippen molar-refractivity contribution in [1.29, 1.82) is 0 Å². The Morgan fingerprint density at radius 2 is 1.52 bits per heavy atom. The predicted octanol–water partition coefficient (Wildman–Crippen LogP) is 4.22. The zero-order valence-corrected chi connectivity index (χ0v) is 17.1. The van der Waals surface area contributed by atoms with Crippen LogP contribution in [0.2, 0.25) is 0 Å². The molecular weight excluding hydrogens is 370 g/mol. The third-order valence-corrected chi connectivity index (χ3v) is 4.34. The molecule has 7 heteroatoms. The predicted molar refractivity (Wildman–Crippen MR) is 113 cm³/mol. The van der Waals surface area contributed by atoms with E-state index < -0.39 is 24.5 Å². The molecule has 2 aromatic rings. The molecule has 0 fully saturated rings. The number of hydrogen-bond acceptors (Lipinski definition) is 4. The molecule has 0 saturated carbocycles. The van der Waals surface area contributed by atoms with Crippen molar-refractivity contribution < 1.29 is 19.1 Å². The van der Waals surface area contributed by atoms with Crippen LogP contribution in [0.1, 0.15) is 61.0 Å². The first-order chi connectivity index (χ1) is 13.7. The lowest BCUT2D eigenvalue weighted by molar-refractivity contribution is -0.119. The highest BCUT2D eigenvalue weighted by Gasteiger charge is 2.17. The van der Waals surface area contributed by atoms with Gasteiger partial charge in [0.15, 0.2) is 6.61 Å². The molecule has 29 heavy (non-hydrogen) atoms. The zero-order chi connectivity index (χ0) is 21.6. The quantitative estimate of drug-likeness (QED) is 0.607. The van der Waals surface area contributed by atoms with Gasteiger partial charge in [0.25, 0.3) is 5.91 Å². The van der Waals surface area contributed by atoms with Gasteiger partial charge in [-0.3, -0.25) is 4.79 Å². The second-order valence-electron chi connectivity index (χ2n) is 7.32. The van der Waals surface area contributed by atoms with E-state index in [-0.39, 0.29) is 17.4 Å².